The van der Waals surface area contributed by atoms with E-state index in [1.165, 1.54) is 40.9 Å². The second kappa shape index (κ2) is 4.77. The zero-order valence-corrected chi connectivity index (χ0v) is 11.9. The van der Waals surface area contributed by atoms with E-state index in [1.807, 2.05) is 0 Å². The molecule has 2 aliphatic heterocycles. The summed E-state index contributed by atoms with van der Waals surface area (Å²) in [5.41, 5.74) is -1.31. The number of carboxylic acids is 1. The van der Waals surface area contributed by atoms with Gasteiger partial charge in [-0.15, -0.1) is 11.8 Å². The fraction of sp³-hybridized carbons (Fsp3) is 0.286. The number of ether oxygens (including phenoxy) is 1. The summed E-state index contributed by atoms with van der Waals surface area (Å²) in [6.45, 7) is 1.56. The molecule has 2 atom stereocenters. The molecule has 0 saturated carbocycles. The van der Waals surface area contributed by atoms with Gasteiger partial charge in [0.25, 0.3) is 5.91 Å². The minimum absolute atomic E-state index is 0.0139. The number of thioether (sulfide) groups is 1. The number of β-lactam (4-membered cyclic amide) rings is 1. The third-order valence-corrected chi connectivity index (χ3v) is 4.85. The molecule has 1 unspecified atom stereocenters. The lowest BCUT2D eigenvalue weighted by Crippen LogP contribution is -2.74. The van der Waals surface area contributed by atoms with Crippen LogP contribution in [0.1, 0.15) is 6.92 Å². The third-order valence-electron chi connectivity index (χ3n) is 3.52. The summed E-state index contributed by atoms with van der Waals surface area (Å²) in [7, 11) is 0. The van der Waals surface area contributed by atoms with E-state index in [0.29, 0.717) is 5.75 Å². The highest BCUT2D eigenvalue weighted by Crippen LogP contribution is 2.46. The normalized spacial score (nSPS) is 27.5. The Bertz CT molecular complexity index is 662. The molecule has 3 rings (SSSR count). The summed E-state index contributed by atoms with van der Waals surface area (Å²) in [4.78, 5) is 24.6. The van der Waals surface area contributed by atoms with Crippen molar-refractivity contribution in [2.24, 2.45) is 0 Å². The van der Waals surface area contributed by atoms with E-state index in [-0.39, 0.29) is 11.4 Å². The van der Waals surface area contributed by atoms with Gasteiger partial charge < -0.3 is 9.84 Å². The van der Waals surface area contributed by atoms with Crippen LogP contribution in [0.25, 0.3) is 0 Å². The molecule has 1 saturated heterocycles. The van der Waals surface area contributed by atoms with E-state index in [0.717, 1.165) is 0 Å². The van der Waals surface area contributed by atoms with Crippen LogP contribution in [0.15, 0.2) is 36.0 Å². The first kappa shape index (κ1) is 13.9. The zero-order valence-electron chi connectivity index (χ0n) is 11.1. The molecule has 0 bridgehead atoms. The minimum atomic E-state index is -1.26. The van der Waals surface area contributed by atoms with Gasteiger partial charge in [0.15, 0.2) is 11.6 Å². The Morgan fingerprint density at radius 1 is 1.52 bits per heavy atom. The van der Waals surface area contributed by atoms with Crippen molar-refractivity contribution in [2.75, 3.05) is 5.75 Å². The number of amides is 1. The number of rotatable bonds is 3. The number of carbonyl (C=O) groups excluding carboxylic acids is 1. The number of hydrogen-bond acceptors (Lipinski definition) is 4. The molecule has 0 aliphatic carbocycles. The van der Waals surface area contributed by atoms with Crippen LogP contribution in [0.4, 0.5) is 4.39 Å². The quantitative estimate of drug-likeness (QED) is 0.863. The Labute approximate surface area is 124 Å². The molecule has 1 N–H and O–H groups in total. The Hall–Kier alpha value is -2.02. The lowest BCUT2D eigenvalue weighted by Gasteiger charge is -2.54. The highest BCUT2D eigenvalue weighted by molar-refractivity contribution is 8.00. The van der Waals surface area contributed by atoms with Crippen LogP contribution in [0.2, 0.25) is 0 Å². The fourth-order valence-electron chi connectivity index (χ4n) is 2.46. The molecular weight excluding hydrogens is 297 g/mol. The van der Waals surface area contributed by atoms with Crippen LogP contribution in [0.3, 0.4) is 0 Å². The molecule has 1 aromatic carbocycles. The van der Waals surface area contributed by atoms with Crippen LogP contribution in [0.5, 0.6) is 5.75 Å². The second-order valence-electron chi connectivity index (χ2n) is 4.89. The molecule has 2 aliphatic rings. The van der Waals surface area contributed by atoms with Crippen LogP contribution >= 0.6 is 11.8 Å². The first-order valence-electron chi connectivity index (χ1n) is 6.27. The zero-order chi connectivity index (χ0) is 15.2. The average Bonchev–Trinajstić information content (AvgIpc) is 2.48. The number of carbonyl (C=O) groups is 2. The van der Waals surface area contributed by atoms with Gasteiger partial charge in [0, 0.05) is 5.75 Å². The summed E-state index contributed by atoms with van der Waals surface area (Å²) < 4.78 is 19.2. The van der Waals surface area contributed by atoms with Crippen LogP contribution in [-0.4, -0.2) is 38.6 Å². The average molecular weight is 309 g/mol. The number of para-hydroxylation sites is 1. The number of fused-ring (bicyclic) bond motifs is 1. The molecule has 5 nitrogen and oxygen atoms in total. The summed E-state index contributed by atoms with van der Waals surface area (Å²) in [5.74, 6) is -1.73. The van der Waals surface area contributed by atoms with Crippen LogP contribution in [0, 0.1) is 5.82 Å². The number of nitrogens with zero attached hydrogens (tertiary/aromatic N) is 1. The number of hydrogen-bond donors (Lipinski definition) is 1. The van der Waals surface area contributed by atoms with Crippen molar-refractivity contribution in [1.82, 2.24) is 4.90 Å². The topological polar surface area (TPSA) is 66.8 Å². The second-order valence-corrected chi connectivity index (χ2v) is 6.01. The molecule has 0 spiro atoms. The maximum Gasteiger partial charge on any atom is 0.352 e. The Morgan fingerprint density at radius 3 is 2.90 bits per heavy atom. The fourth-order valence-corrected chi connectivity index (χ4v) is 3.72. The molecule has 1 aromatic rings. The molecule has 1 fully saturated rings. The molecule has 0 aromatic heterocycles. The lowest BCUT2D eigenvalue weighted by molar-refractivity contribution is -0.170. The molecule has 1 amide bonds. The molecular formula is C14H12FNO4S. The van der Waals surface area contributed by atoms with Crippen molar-refractivity contribution in [1.29, 1.82) is 0 Å². The number of halogens is 1. The van der Waals surface area contributed by atoms with E-state index in [4.69, 9.17) is 9.84 Å². The lowest BCUT2D eigenvalue weighted by atomic mass is 9.92. The van der Waals surface area contributed by atoms with E-state index >= 15 is 0 Å². The predicted molar refractivity (Wildman–Crippen MR) is 74.2 cm³/mol. The third kappa shape index (κ3) is 1.99. The standard InChI is InChI=1S/C14H12FNO4S/c1-14(20-10-5-3-2-4-8(10)15)12(19)16-9(11(17)18)6-7-21-13(14)16/h2-6,13H,7H2,1H3,(H,17,18)/t13-,14?/m0/s1. The highest BCUT2D eigenvalue weighted by atomic mass is 32.2. The summed E-state index contributed by atoms with van der Waals surface area (Å²) in [6.07, 6.45) is 1.49. The molecule has 0 radical (unpaired) electrons. The summed E-state index contributed by atoms with van der Waals surface area (Å²) in [6, 6.07) is 5.83. The van der Waals surface area contributed by atoms with Crippen molar-refractivity contribution >= 4 is 23.6 Å². The minimum Gasteiger partial charge on any atom is -0.477 e. The smallest absolute Gasteiger partial charge is 0.352 e. The largest absolute Gasteiger partial charge is 0.477 e. The number of benzene rings is 1. The number of carboxylic acid groups (broad SMARTS) is 1. The predicted octanol–water partition coefficient (Wildman–Crippen LogP) is 1.85. The first-order valence-corrected chi connectivity index (χ1v) is 7.32. The Morgan fingerprint density at radius 2 is 2.24 bits per heavy atom. The monoisotopic (exact) mass is 309 g/mol. The van der Waals surface area contributed by atoms with Gasteiger partial charge in [-0.25, -0.2) is 9.18 Å². The Kier molecular flexibility index (Phi) is 3.16. The molecule has 21 heavy (non-hydrogen) atoms. The van der Waals surface area contributed by atoms with Gasteiger partial charge in [0.05, 0.1) is 0 Å². The van der Waals surface area contributed by atoms with Crippen molar-refractivity contribution in [3.63, 3.8) is 0 Å². The van der Waals surface area contributed by atoms with E-state index < -0.39 is 28.7 Å². The summed E-state index contributed by atoms with van der Waals surface area (Å²) >= 11 is 1.39. The van der Waals surface area contributed by atoms with Gasteiger partial charge in [-0.3, -0.25) is 9.69 Å². The Balaban J connectivity index is 1.88. The van der Waals surface area contributed by atoms with E-state index in [9.17, 15) is 14.0 Å². The molecule has 2 heterocycles. The van der Waals surface area contributed by atoms with E-state index in [1.54, 1.807) is 13.0 Å². The maximum atomic E-state index is 13.7. The van der Waals surface area contributed by atoms with Crippen molar-refractivity contribution < 1.29 is 23.8 Å². The maximum absolute atomic E-state index is 13.7. The van der Waals surface area contributed by atoms with Crippen molar-refractivity contribution in [2.45, 2.75) is 17.9 Å². The van der Waals surface area contributed by atoms with Crippen LogP contribution < -0.4 is 4.74 Å². The van der Waals surface area contributed by atoms with Crippen molar-refractivity contribution in [3.05, 3.63) is 41.9 Å². The SMILES string of the molecule is CC1(Oc2ccccc2F)C(=O)N2C(C(=O)O)=CCS[C@H]21. The van der Waals surface area contributed by atoms with Gasteiger partial charge in [0.1, 0.15) is 11.1 Å². The van der Waals surface area contributed by atoms with Gasteiger partial charge in [0.2, 0.25) is 5.60 Å². The van der Waals surface area contributed by atoms with Gasteiger partial charge in [-0.1, -0.05) is 12.1 Å². The summed E-state index contributed by atoms with van der Waals surface area (Å²) in [5, 5.41) is 8.64. The first-order chi connectivity index (χ1) is 9.95. The molecule has 7 heteroatoms. The van der Waals surface area contributed by atoms with Gasteiger partial charge in [-0.2, -0.15) is 0 Å². The van der Waals surface area contributed by atoms with Gasteiger partial charge >= 0.3 is 5.97 Å². The van der Waals surface area contributed by atoms with Crippen molar-refractivity contribution in [3.8, 4) is 5.75 Å². The van der Waals surface area contributed by atoms with Crippen LogP contribution in [-0.2, 0) is 9.59 Å². The van der Waals surface area contributed by atoms with Gasteiger partial charge in [-0.05, 0) is 25.1 Å². The number of aliphatic carboxylic acids is 1. The highest BCUT2D eigenvalue weighted by Gasteiger charge is 2.63. The molecule has 110 valence electrons. The van der Waals surface area contributed by atoms with E-state index in [2.05, 4.69) is 0 Å².